The molecule has 0 aliphatic heterocycles. The standard InChI is InChI=1S/C11H15N3O2S2/c1-6(15)12-8(5-17)10(16)14-11-13-7-3-2-4-9(7)18-11/h8,17H,2-5H2,1H3,(H,12,15)(H,13,14,16). The van der Waals surface area contributed by atoms with Crippen LogP contribution in [0.4, 0.5) is 5.13 Å². The van der Waals surface area contributed by atoms with E-state index < -0.39 is 6.04 Å². The van der Waals surface area contributed by atoms with Crippen molar-refractivity contribution in [3.63, 3.8) is 0 Å². The number of aryl methyl sites for hydroxylation is 2. The van der Waals surface area contributed by atoms with Gasteiger partial charge in [-0.15, -0.1) is 11.3 Å². The van der Waals surface area contributed by atoms with Gasteiger partial charge in [0.05, 0.1) is 5.69 Å². The number of thiazole rings is 1. The number of hydrogen-bond acceptors (Lipinski definition) is 5. The van der Waals surface area contributed by atoms with Crippen LogP contribution in [-0.2, 0) is 22.4 Å². The molecule has 0 bridgehead atoms. The van der Waals surface area contributed by atoms with Crippen LogP contribution in [0.1, 0.15) is 23.9 Å². The van der Waals surface area contributed by atoms with E-state index in [0.29, 0.717) is 5.13 Å². The SMILES string of the molecule is CC(=O)NC(CS)C(=O)Nc1nc2c(s1)CCC2. The van der Waals surface area contributed by atoms with Gasteiger partial charge in [-0.1, -0.05) is 0 Å². The van der Waals surface area contributed by atoms with Gasteiger partial charge in [0.2, 0.25) is 11.8 Å². The van der Waals surface area contributed by atoms with Crippen molar-refractivity contribution in [3.05, 3.63) is 10.6 Å². The van der Waals surface area contributed by atoms with Gasteiger partial charge < -0.3 is 10.6 Å². The van der Waals surface area contributed by atoms with Crippen LogP contribution in [0.5, 0.6) is 0 Å². The second-order valence-corrected chi connectivity index (χ2v) is 5.62. The highest BCUT2D eigenvalue weighted by atomic mass is 32.1. The molecule has 0 radical (unpaired) electrons. The van der Waals surface area contributed by atoms with E-state index in [1.807, 2.05) is 0 Å². The lowest BCUT2D eigenvalue weighted by molar-refractivity contribution is -0.124. The lowest BCUT2D eigenvalue weighted by Gasteiger charge is -2.13. The fourth-order valence-corrected chi connectivity index (χ4v) is 3.19. The van der Waals surface area contributed by atoms with Gasteiger partial charge in [0.15, 0.2) is 5.13 Å². The summed E-state index contributed by atoms with van der Waals surface area (Å²) in [4.78, 5) is 28.5. The maximum absolute atomic E-state index is 11.9. The Balaban J connectivity index is 1.98. The highest BCUT2D eigenvalue weighted by Crippen LogP contribution is 2.30. The Kier molecular flexibility index (Phi) is 4.23. The third kappa shape index (κ3) is 3.02. The van der Waals surface area contributed by atoms with Crippen LogP contribution in [-0.4, -0.2) is 28.6 Å². The molecular weight excluding hydrogens is 270 g/mol. The molecular formula is C11H15N3O2S2. The van der Waals surface area contributed by atoms with E-state index in [9.17, 15) is 9.59 Å². The first-order chi connectivity index (χ1) is 8.60. The maximum atomic E-state index is 11.9. The van der Waals surface area contributed by atoms with E-state index in [-0.39, 0.29) is 17.6 Å². The van der Waals surface area contributed by atoms with Crippen molar-refractivity contribution in [2.24, 2.45) is 0 Å². The zero-order valence-electron chi connectivity index (χ0n) is 10.0. The van der Waals surface area contributed by atoms with Crippen LogP contribution in [0.2, 0.25) is 0 Å². The molecule has 2 N–H and O–H groups in total. The quantitative estimate of drug-likeness (QED) is 0.723. The average molecular weight is 285 g/mol. The molecule has 1 aromatic heterocycles. The number of amides is 2. The van der Waals surface area contributed by atoms with E-state index in [2.05, 4.69) is 28.2 Å². The first-order valence-electron chi connectivity index (χ1n) is 5.77. The van der Waals surface area contributed by atoms with Gasteiger partial charge in [-0.3, -0.25) is 9.59 Å². The second kappa shape index (κ2) is 5.71. The molecule has 0 aromatic carbocycles. The Bertz CT molecular complexity index is 451. The molecule has 1 heterocycles. The second-order valence-electron chi connectivity index (χ2n) is 4.17. The molecule has 98 valence electrons. The topological polar surface area (TPSA) is 71.1 Å². The fraction of sp³-hybridized carbons (Fsp3) is 0.545. The van der Waals surface area contributed by atoms with Gasteiger partial charge in [-0.25, -0.2) is 4.98 Å². The summed E-state index contributed by atoms with van der Waals surface area (Å²) in [7, 11) is 0. The highest BCUT2D eigenvalue weighted by Gasteiger charge is 2.21. The number of carbonyl (C=O) groups excluding carboxylic acids is 2. The molecule has 18 heavy (non-hydrogen) atoms. The van der Waals surface area contributed by atoms with Crippen molar-refractivity contribution in [2.45, 2.75) is 32.2 Å². The highest BCUT2D eigenvalue weighted by molar-refractivity contribution is 7.80. The van der Waals surface area contributed by atoms with Gasteiger partial charge in [-0.05, 0) is 19.3 Å². The zero-order chi connectivity index (χ0) is 13.1. The van der Waals surface area contributed by atoms with Crippen molar-refractivity contribution in [1.29, 1.82) is 0 Å². The minimum Gasteiger partial charge on any atom is -0.344 e. The smallest absolute Gasteiger partial charge is 0.249 e. The molecule has 1 unspecified atom stereocenters. The van der Waals surface area contributed by atoms with Crippen LogP contribution in [0.15, 0.2) is 0 Å². The molecule has 7 heteroatoms. The monoisotopic (exact) mass is 285 g/mol. The number of fused-ring (bicyclic) bond motifs is 1. The number of aromatic nitrogens is 1. The summed E-state index contributed by atoms with van der Waals surface area (Å²) in [5.41, 5.74) is 1.09. The van der Waals surface area contributed by atoms with Gasteiger partial charge >= 0.3 is 0 Å². The van der Waals surface area contributed by atoms with Crippen molar-refractivity contribution in [2.75, 3.05) is 11.1 Å². The average Bonchev–Trinajstić information content (AvgIpc) is 2.85. The molecule has 2 rings (SSSR count). The zero-order valence-corrected chi connectivity index (χ0v) is 11.7. The maximum Gasteiger partial charge on any atom is 0.249 e. The van der Waals surface area contributed by atoms with Crippen LogP contribution < -0.4 is 10.6 Å². The number of carbonyl (C=O) groups is 2. The number of thiol groups is 1. The van der Waals surface area contributed by atoms with Crippen LogP contribution in [0, 0.1) is 0 Å². The van der Waals surface area contributed by atoms with Gasteiger partial charge in [-0.2, -0.15) is 12.6 Å². The molecule has 0 saturated heterocycles. The summed E-state index contributed by atoms with van der Waals surface area (Å²) >= 11 is 5.57. The summed E-state index contributed by atoms with van der Waals surface area (Å²) in [5.74, 6) is -0.255. The van der Waals surface area contributed by atoms with Crippen LogP contribution >= 0.6 is 24.0 Å². The first kappa shape index (κ1) is 13.4. The molecule has 2 amide bonds. The molecule has 5 nitrogen and oxygen atoms in total. The lowest BCUT2D eigenvalue weighted by atomic mass is 10.3. The van der Waals surface area contributed by atoms with Crippen molar-refractivity contribution >= 4 is 40.9 Å². The lowest BCUT2D eigenvalue weighted by Crippen LogP contribution is -2.44. The molecule has 0 spiro atoms. The van der Waals surface area contributed by atoms with E-state index >= 15 is 0 Å². The fourth-order valence-electron chi connectivity index (χ4n) is 1.88. The Morgan fingerprint density at radius 2 is 2.28 bits per heavy atom. The van der Waals surface area contributed by atoms with Crippen LogP contribution in [0.25, 0.3) is 0 Å². The number of nitrogens with one attached hydrogen (secondary N) is 2. The molecule has 1 aromatic rings. The predicted octanol–water partition coefficient (Wildman–Crippen LogP) is 1.00. The van der Waals surface area contributed by atoms with Gasteiger partial charge in [0.25, 0.3) is 0 Å². The van der Waals surface area contributed by atoms with E-state index in [1.54, 1.807) is 0 Å². The van der Waals surface area contributed by atoms with Crippen molar-refractivity contribution in [3.8, 4) is 0 Å². The minimum atomic E-state index is -0.621. The number of anilines is 1. The molecule has 0 fully saturated rings. The molecule has 1 atom stereocenters. The molecule has 1 aliphatic rings. The Morgan fingerprint density at radius 3 is 2.89 bits per heavy atom. The predicted molar refractivity (Wildman–Crippen MR) is 74.2 cm³/mol. The van der Waals surface area contributed by atoms with Gasteiger partial charge in [0.1, 0.15) is 6.04 Å². The summed E-state index contributed by atoms with van der Waals surface area (Å²) < 4.78 is 0. The number of hydrogen-bond donors (Lipinski definition) is 3. The van der Waals surface area contributed by atoms with Gasteiger partial charge in [0, 0.05) is 17.6 Å². The first-order valence-corrected chi connectivity index (χ1v) is 7.22. The van der Waals surface area contributed by atoms with E-state index in [0.717, 1.165) is 25.0 Å². The Morgan fingerprint density at radius 1 is 1.50 bits per heavy atom. The summed E-state index contributed by atoms with van der Waals surface area (Å²) in [6.07, 6.45) is 3.18. The number of rotatable bonds is 4. The Hall–Kier alpha value is -1.08. The number of nitrogens with zero attached hydrogens (tertiary/aromatic N) is 1. The Labute approximate surface area is 115 Å². The van der Waals surface area contributed by atoms with E-state index in [4.69, 9.17) is 0 Å². The van der Waals surface area contributed by atoms with E-state index in [1.165, 1.54) is 23.1 Å². The largest absolute Gasteiger partial charge is 0.344 e. The summed E-state index contributed by atoms with van der Waals surface area (Å²) in [6, 6.07) is -0.621. The molecule has 1 aliphatic carbocycles. The third-order valence-corrected chi connectivity index (χ3v) is 4.14. The summed E-state index contributed by atoms with van der Waals surface area (Å²) in [5, 5.41) is 5.89. The minimum absolute atomic E-state index is 0.245. The van der Waals surface area contributed by atoms with Crippen LogP contribution in [0.3, 0.4) is 0 Å². The molecule has 0 saturated carbocycles. The van der Waals surface area contributed by atoms with Crippen molar-refractivity contribution < 1.29 is 9.59 Å². The summed E-state index contributed by atoms with van der Waals surface area (Å²) in [6.45, 7) is 1.38. The normalized spacial score (nSPS) is 15.0. The third-order valence-electron chi connectivity index (χ3n) is 2.70. The van der Waals surface area contributed by atoms with Crippen molar-refractivity contribution in [1.82, 2.24) is 10.3 Å².